The summed E-state index contributed by atoms with van der Waals surface area (Å²) in [6.45, 7) is 3.75. The molecule has 0 saturated carbocycles. The van der Waals surface area contributed by atoms with Crippen LogP contribution in [0.15, 0.2) is 0 Å². The van der Waals surface area contributed by atoms with Crippen LogP contribution in [0.3, 0.4) is 0 Å². The molecule has 300 valence electrons. The number of nitrogens with one attached hydrogen (secondary N) is 3. The van der Waals surface area contributed by atoms with Crippen LogP contribution in [0.4, 0.5) is 0 Å². The predicted octanol–water partition coefficient (Wildman–Crippen LogP) is -1.19. The fourth-order valence-electron chi connectivity index (χ4n) is 3.90. The molecule has 0 aliphatic heterocycles. The van der Waals surface area contributed by atoms with E-state index in [0.717, 1.165) is 12.8 Å². The molecule has 0 bridgehead atoms. The van der Waals surface area contributed by atoms with Crippen molar-refractivity contribution >= 4 is 41.4 Å². The molecule has 0 aromatic carbocycles. The van der Waals surface area contributed by atoms with Crippen LogP contribution < -0.4 is 16.0 Å². The lowest BCUT2D eigenvalue weighted by molar-refractivity contribution is -0.168. The molecule has 7 N–H and O–H groups in total. The Labute approximate surface area is 303 Å². The second-order valence-corrected chi connectivity index (χ2v) is 11.3. The van der Waals surface area contributed by atoms with E-state index in [2.05, 4.69) is 16.0 Å². The molecule has 52 heavy (non-hydrogen) atoms. The molecule has 0 fully saturated rings. The fraction of sp³-hybridized carbons (Fsp3) is 0.774. The van der Waals surface area contributed by atoms with Crippen LogP contribution in [0, 0.1) is 0 Å². The van der Waals surface area contributed by atoms with Crippen LogP contribution in [0.25, 0.3) is 0 Å². The van der Waals surface area contributed by atoms with Crippen molar-refractivity contribution in [3.8, 4) is 0 Å². The number of hydroxylamine groups is 8. The number of ether oxygens (including phenoxy) is 3. The first-order valence-corrected chi connectivity index (χ1v) is 17.3. The van der Waals surface area contributed by atoms with Gasteiger partial charge in [-0.05, 0) is 6.42 Å². The van der Waals surface area contributed by atoms with Crippen molar-refractivity contribution in [1.82, 2.24) is 36.2 Å². The summed E-state index contributed by atoms with van der Waals surface area (Å²) in [5.41, 5.74) is 0. The zero-order valence-electron chi connectivity index (χ0n) is 30.2. The Morgan fingerprint density at radius 1 is 0.462 bits per heavy atom. The van der Waals surface area contributed by atoms with Crippen molar-refractivity contribution in [2.75, 3.05) is 85.5 Å². The van der Waals surface area contributed by atoms with Gasteiger partial charge in [0.1, 0.15) is 0 Å². The highest BCUT2D eigenvalue weighted by atomic mass is 16.5. The summed E-state index contributed by atoms with van der Waals surface area (Å²) in [6, 6.07) is 0. The Hall–Kier alpha value is -3.99. The summed E-state index contributed by atoms with van der Waals surface area (Å²) >= 11 is 0. The summed E-state index contributed by atoms with van der Waals surface area (Å²) in [6.07, 6.45) is 1.44. The molecule has 7 amide bonds. The quantitative estimate of drug-likeness (QED) is 0.0249. The number of carbonyl (C=O) groups is 7. The van der Waals surface area contributed by atoms with E-state index in [-0.39, 0.29) is 130 Å². The number of nitrogens with zero attached hydrogens (tertiary/aromatic N) is 4. The van der Waals surface area contributed by atoms with E-state index in [1.54, 1.807) is 0 Å². The van der Waals surface area contributed by atoms with Crippen LogP contribution in [0.5, 0.6) is 0 Å². The minimum absolute atomic E-state index is 0.0118. The third kappa shape index (κ3) is 26.8. The molecule has 21 nitrogen and oxygen atoms in total. The van der Waals surface area contributed by atoms with Gasteiger partial charge < -0.3 is 30.2 Å². The van der Waals surface area contributed by atoms with Gasteiger partial charge in [-0.1, -0.05) is 19.8 Å². The molecule has 0 aliphatic rings. The van der Waals surface area contributed by atoms with Crippen LogP contribution in [-0.4, -0.2) is 168 Å². The molecule has 0 aromatic heterocycles. The maximum Gasteiger partial charge on any atom is 0.246 e. The summed E-state index contributed by atoms with van der Waals surface area (Å²) in [5, 5.41) is 48.1. The van der Waals surface area contributed by atoms with E-state index >= 15 is 0 Å². The molecule has 0 atom stereocenters. The number of carbonyl (C=O) groups excluding carboxylic acids is 7. The predicted molar refractivity (Wildman–Crippen MR) is 178 cm³/mol. The minimum Gasteiger partial charge on any atom is -0.378 e. The second-order valence-electron chi connectivity index (χ2n) is 11.3. The third-order valence-corrected chi connectivity index (χ3v) is 6.95. The van der Waals surface area contributed by atoms with Gasteiger partial charge in [0.2, 0.25) is 41.4 Å². The second kappa shape index (κ2) is 30.6. The molecule has 0 saturated heterocycles. The fourth-order valence-corrected chi connectivity index (χ4v) is 3.90. The Morgan fingerprint density at radius 3 is 1.12 bits per heavy atom. The molecule has 0 unspecified atom stereocenters. The van der Waals surface area contributed by atoms with Crippen molar-refractivity contribution in [2.45, 2.75) is 71.6 Å². The van der Waals surface area contributed by atoms with Gasteiger partial charge in [-0.15, -0.1) is 0 Å². The van der Waals surface area contributed by atoms with Crippen molar-refractivity contribution in [3.05, 3.63) is 0 Å². The number of rotatable bonds is 31. The first-order chi connectivity index (χ1) is 24.8. The van der Waals surface area contributed by atoms with Crippen LogP contribution in [0.1, 0.15) is 71.6 Å². The molecule has 0 heterocycles. The SMILES string of the molecule is CCCCCN(O)C(=O)CCC(=O)NCCOCCN(O)C(=O)CCC(=O)NCCOCCN(O)C(=O)CCC(=O)NCCOCCN(O)C(C)=O. The Bertz CT molecular complexity index is 1080. The number of unbranched alkanes of at least 4 members (excludes halogenated alkanes) is 2. The average molecular weight is 752 g/mol. The molecular formula is C31H57N7O14. The standard InChI is InChI=1S/C31H57N7O14/c1-3-4-5-15-36(47)29(43)9-6-26(40)33-13-20-51-23-17-38(49)31(45)11-8-28(42)34-14-21-52-24-18-37(48)30(44)10-7-27(41)32-12-19-50-22-16-35(46)25(2)39/h46-49H,3-24H2,1-2H3,(H,32,41)(H,33,40)(H,34,42). The maximum atomic E-state index is 12.0. The van der Waals surface area contributed by atoms with Gasteiger partial charge in [0.15, 0.2) is 0 Å². The van der Waals surface area contributed by atoms with Gasteiger partial charge in [0.25, 0.3) is 0 Å². The number of hydrogen-bond donors (Lipinski definition) is 7. The van der Waals surface area contributed by atoms with E-state index in [0.29, 0.717) is 26.7 Å². The summed E-state index contributed by atoms with van der Waals surface area (Å²) in [4.78, 5) is 82.4. The topological polar surface area (TPSA) is 277 Å². The average Bonchev–Trinajstić information content (AvgIpc) is 3.12. The Kier molecular flexibility index (Phi) is 28.3. The maximum absolute atomic E-state index is 12.0. The normalized spacial score (nSPS) is 10.7. The third-order valence-electron chi connectivity index (χ3n) is 6.95. The molecule has 0 aromatic rings. The summed E-state index contributed by atoms with van der Waals surface area (Å²) < 4.78 is 15.7. The summed E-state index contributed by atoms with van der Waals surface area (Å²) in [7, 11) is 0. The van der Waals surface area contributed by atoms with E-state index < -0.39 is 35.4 Å². The largest absolute Gasteiger partial charge is 0.378 e. The van der Waals surface area contributed by atoms with Crippen molar-refractivity contribution in [1.29, 1.82) is 0 Å². The highest BCUT2D eigenvalue weighted by molar-refractivity contribution is 5.84. The lowest BCUT2D eigenvalue weighted by Crippen LogP contribution is -2.34. The number of amides is 7. The monoisotopic (exact) mass is 751 g/mol. The van der Waals surface area contributed by atoms with Crippen molar-refractivity contribution in [2.24, 2.45) is 0 Å². The lowest BCUT2D eigenvalue weighted by Gasteiger charge is -2.16. The Balaban J connectivity index is 3.81. The molecule has 0 spiro atoms. The van der Waals surface area contributed by atoms with E-state index in [1.165, 1.54) is 6.92 Å². The molecule has 21 heteroatoms. The van der Waals surface area contributed by atoms with Crippen LogP contribution in [-0.2, 0) is 47.8 Å². The van der Waals surface area contributed by atoms with E-state index in [9.17, 15) is 54.4 Å². The van der Waals surface area contributed by atoms with Crippen LogP contribution >= 0.6 is 0 Å². The van der Waals surface area contributed by atoms with Gasteiger partial charge in [-0.2, -0.15) is 0 Å². The van der Waals surface area contributed by atoms with E-state index in [1.807, 2.05) is 6.92 Å². The van der Waals surface area contributed by atoms with Gasteiger partial charge in [0.05, 0.1) is 59.3 Å². The van der Waals surface area contributed by atoms with E-state index in [4.69, 9.17) is 14.2 Å². The molecular weight excluding hydrogens is 694 g/mol. The highest BCUT2D eigenvalue weighted by Gasteiger charge is 2.15. The molecule has 0 aliphatic carbocycles. The molecule has 0 rings (SSSR count). The summed E-state index contributed by atoms with van der Waals surface area (Å²) in [5.74, 6) is -3.71. The van der Waals surface area contributed by atoms with Crippen molar-refractivity contribution in [3.63, 3.8) is 0 Å². The van der Waals surface area contributed by atoms with Crippen LogP contribution in [0.2, 0.25) is 0 Å². The zero-order valence-corrected chi connectivity index (χ0v) is 30.2. The first kappa shape index (κ1) is 48.0. The number of hydrogen-bond acceptors (Lipinski definition) is 14. The highest BCUT2D eigenvalue weighted by Crippen LogP contribution is 2.01. The van der Waals surface area contributed by atoms with Gasteiger partial charge >= 0.3 is 0 Å². The van der Waals surface area contributed by atoms with Gasteiger partial charge in [0, 0.05) is 71.6 Å². The lowest BCUT2D eigenvalue weighted by atomic mass is 10.2. The molecule has 0 radical (unpaired) electrons. The van der Waals surface area contributed by atoms with Gasteiger partial charge in [-0.25, -0.2) is 20.3 Å². The zero-order chi connectivity index (χ0) is 39.1. The Morgan fingerprint density at radius 2 is 0.788 bits per heavy atom. The minimum atomic E-state index is -0.697. The van der Waals surface area contributed by atoms with Gasteiger partial charge in [-0.3, -0.25) is 54.4 Å². The van der Waals surface area contributed by atoms with Crippen molar-refractivity contribution < 1.29 is 68.6 Å². The first-order valence-electron chi connectivity index (χ1n) is 17.3. The smallest absolute Gasteiger partial charge is 0.246 e.